The van der Waals surface area contributed by atoms with Crippen molar-refractivity contribution in [3.05, 3.63) is 0 Å². The Morgan fingerprint density at radius 3 is 2.50 bits per heavy atom. The average molecular weight is 288 g/mol. The number of likely N-dealkylation sites (tertiary alicyclic amines) is 1. The van der Waals surface area contributed by atoms with E-state index in [9.17, 15) is 14.4 Å². The SMILES string of the molecule is CC1CC(=O)N(CCOCCOCCNC(=O)O)C1=O. The zero-order chi connectivity index (χ0) is 15.0. The third-order valence-corrected chi connectivity index (χ3v) is 2.82. The molecule has 0 aromatic heterocycles. The summed E-state index contributed by atoms with van der Waals surface area (Å²) in [7, 11) is 0. The minimum Gasteiger partial charge on any atom is -0.465 e. The molecule has 0 aliphatic carbocycles. The van der Waals surface area contributed by atoms with Crippen LogP contribution in [-0.2, 0) is 19.1 Å². The van der Waals surface area contributed by atoms with Crippen molar-refractivity contribution in [2.24, 2.45) is 5.92 Å². The number of ether oxygens (including phenoxy) is 2. The van der Waals surface area contributed by atoms with Gasteiger partial charge in [-0.15, -0.1) is 0 Å². The third-order valence-electron chi connectivity index (χ3n) is 2.82. The maximum absolute atomic E-state index is 11.6. The Balaban J connectivity index is 1.96. The molecule has 1 aliphatic rings. The van der Waals surface area contributed by atoms with Crippen LogP contribution in [0.3, 0.4) is 0 Å². The van der Waals surface area contributed by atoms with E-state index in [0.717, 1.165) is 0 Å². The molecule has 1 aliphatic heterocycles. The summed E-state index contributed by atoms with van der Waals surface area (Å²) >= 11 is 0. The minimum absolute atomic E-state index is 0.144. The first kappa shape index (κ1) is 16.4. The molecule has 1 saturated heterocycles. The Morgan fingerprint density at radius 2 is 1.95 bits per heavy atom. The molecule has 20 heavy (non-hydrogen) atoms. The van der Waals surface area contributed by atoms with Crippen molar-refractivity contribution >= 4 is 17.9 Å². The molecule has 0 saturated carbocycles. The molecule has 1 rings (SSSR count). The maximum Gasteiger partial charge on any atom is 0.404 e. The lowest BCUT2D eigenvalue weighted by Crippen LogP contribution is -2.33. The average Bonchev–Trinajstić information content (AvgIpc) is 2.62. The summed E-state index contributed by atoms with van der Waals surface area (Å²) in [5.74, 6) is -0.524. The summed E-state index contributed by atoms with van der Waals surface area (Å²) in [5, 5.41) is 10.5. The van der Waals surface area contributed by atoms with E-state index in [1.165, 1.54) is 4.90 Å². The van der Waals surface area contributed by atoms with E-state index in [-0.39, 0.29) is 50.5 Å². The van der Waals surface area contributed by atoms with E-state index in [1.54, 1.807) is 6.92 Å². The number of rotatable bonds is 9. The summed E-state index contributed by atoms with van der Waals surface area (Å²) < 4.78 is 10.4. The van der Waals surface area contributed by atoms with Gasteiger partial charge in [0, 0.05) is 18.9 Å². The number of imide groups is 1. The van der Waals surface area contributed by atoms with Gasteiger partial charge in [0.15, 0.2) is 0 Å². The summed E-state index contributed by atoms with van der Waals surface area (Å²) in [4.78, 5) is 34.4. The highest BCUT2D eigenvalue weighted by Crippen LogP contribution is 2.17. The molecule has 8 nitrogen and oxygen atoms in total. The van der Waals surface area contributed by atoms with Gasteiger partial charge in [-0.05, 0) is 0 Å². The Kier molecular flexibility index (Phi) is 6.96. The fraction of sp³-hybridized carbons (Fsp3) is 0.750. The molecular weight excluding hydrogens is 268 g/mol. The van der Waals surface area contributed by atoms with Crippen LogP contribution in [0.4, 0.5) is 4.79 Å². The lowest BCUT2D eigenvalue weighted by Gasteiger charge is -2.14. The second kappa shape index (κ2) is 8.49. The van der Waals surface area contributed by atoms with Crippen LogP contribution in [0.15, 0.2) is 0 Å². The molecule has 0 bridgehead atoms. The first-order chi connectivity index (χ1) is 9.52. The van der Waals surface area contributed by atoms with Crippen LogP contribution in [0.1, 0.15) is 13.3 Å². The number of carbonyl (C=O) groups excluding carboxylic acids is 2. The second-order valence-corrected chi connectivity index (χ2v) is 4.45. The molecule has 1 fully saturated rings. The van der Waals surface area contributed by atoms with Gasteiger partial charge in [0.25, 0.3) is 0 Å². The fourth-order valence-corrected chi connectivity index (χ4v) is 1.79. The minimum atomic E-state index is -1.08. The van der Waals surface area contributed by atoms with Crippen LogP contribution < -0.4 is 5.32 Å². The van der Waals surface area contributed by atoms with Crippen LogP contribution in [0.5, 0.6) is 0 Å². The fourth-order valence-electron chi connectivity index (χ4n) is 1.79. The number of hydrogen-bond donors (Lipinski definition) is 2. The largest absolute Gasteiger partial charge is 0.465 e. The molecule has 1 heterocycles. The number of amides is 3. The Bertz CT molecular complexity index is 360. The molecule has 1 unspecified atom stereocenters. The monoisotopic (exact) mass is 288 g/mol. The van der Waals surface area contributed by atoms with Gasteiger partial charge in [-0.2, -0.15) is 0 Å². The molecule has 8 heteroatoms. The topological polar surface area (TPSA) is 105 Å². The van der Waals surface area contributed by atoms with Gasteiger partial charge in [-0.3, -0.25) is 14.5 Å². The van der Waals surface area contributed by atoms with E-state index in [2.05, 4.69) is 5.32 Å². The highest BCUT2D eigenvalue weighted by Gasteiger charge is 2.34. The van der Waals surface area contributed by atoms with E-state index in [1.807, 2.05) is 0 Å². The zero-order valence-corrected chi connectivity index (χ0v) is 11.5. The van der Waals surface area contributed by atoms with Gasteiger partial charge in [-0.25, -0.2) is 4.79 Å². The van der Waals surface area contributed by atoms with Gasteiger partial charge < -0.3 is 19.9 Å². The highest BCUT2D eigenvalue weighted by molar-refractivity contribution is 6.03. The van der Waals surface area contributed by atoms with E-state index < -0.39 is 6.09 Å². The summed E-state index contributed by atoms with van der Waals surface area (Å²) in [6.07, 6.45) is -0.808. The molecule has 114 valence electrons. The molecule has 0 aromatic carbocycles. The lowest BCUT2D eigenvalue weighted by molar-refractivity contribution is -0.140. The first-order valence-corrected chi connectivity index (χ1v) is 6.49. The molecule has 1 atom stereocenters. The van der Waals surface area contributed by atoms with Crippen LogP contribution in [0.25, 0.3) is 0 Å². The molecule has 0 aromatic rings. The van der Waals surface area contributed by atoms with Crippen molar-refractivity contribution in [3.63, 3.8) is 0 Å². The van der Waals surface area contributed by atoms with E-state index in [0.29, 0.717) is 13.2 Å². The summed E-state index contributed by atoms with van der Waals surface area (Å²) in [6.45, 7) is 3.45. The Morgan fingerprint density at radius 1 is 1.30 bits per heavy atom. The number of carbonyl (C=O) groups is 3. The van der Waals surface area contributed by atoms with Crippen molar-refractivity contribution in [2.45, 2.75) is 13.3 Å². The van der Waals surface area contributed by atoms with Crippen LogP contribution in [0, 0.1) is 5.92 Å². The predicted molar refractivity (Wildman–Crippen MR) is 68.2 cm³/mol. The highest BCUT2D eigenvalue weighted by atomic mass is 16.5. The van der Waals surface area contributed by atoms with Crippen LogP contribution in [0.2, 0.25) is 0 Å². The van der Waals surface area contributed by atoms with Crippen molar-refractivity contribution in [1.82, 2.24) is 10.2 Å². The van der Waals surface area contributed by atoms with Crippen molar-refractivity contribution in [2.75, 3.05) is 39.5 Å². The quantitative estimate of drug-likeness (QED) is 0.445. The number of hydrogen-bond acceptors (Lipinski definition) is 5. The van der Waals surface area contributed by atoms with Crippen molar-refractivity contribution in [3.8, 4) is 0 Å². The summed E-state index contributed by atoms with van der Waals surface area (Å²) in [6, 6.07) is 0. The van der Waals surface area contributed by atoms with Crippen LogP contribution in [-0.4, -0.2) is 67.4 Å². The maximum atomic E-state index is 11.6. The zero-order valence-electron chi connectivity index (χ0n) is 11.5. The standard InChI is InChI=1S/C12H20N2O6/c1-9-8-10(15)14(11(9)16)3-5-20-7-6-19-4-2-13-12(17)18/h9,13H,2-8H2,1H3,(H,17,18). The normalized spacial score (nSPS) is 18.6. The van der Waals surface area contributed by atoms with E-state index in [4.69, 9.17) is 14.6 Å². The van der Waals surface area contributed by atoms with Gasteiger partial charge in [-0.1, -0.05) is 6.92 Å². The second-order valence-electron chi connectivity index (χ2n) is 4.45. The summed E-state index contributed by atoms with van der Waals surface area (Å²) in [5.41, 5.74) is 0. The van der Waals surface area contributed by atoms with Crippen LogP contribution >= 0.6 is 0 Å². The molecule has 0 spiro atoms. The van der Waals surface area contributed by atoms with Crippen molar-refractivity contribution in [1.29, 1.82) is 0 Å². The molecule has 0 radical (unpaired) electrons. The number of nitrogens with one attached hydrogen (secondary N) is 1. The Labute approximate surface area is 117 Å². The third kappa shape index (κ3) is 5.54. The van der Waals surface area contributed by atoms with Gasteiger partial charge in [0.05, 0.1) is 33.0 Å². The molecule has 2 N–H and O–H groups in total. The number of carboxylic acid groups (broad SMARTS) is 1. The van der Waals surface area contributed by atoms with Gasteiger partial charge in [0.2, 0.25) is 11.8 Å². The molecule has 3 amide bonds. The Hall–Kier alpha value is -1.67. The number of nitrogens with zero attached hydrogens (tertiary/aromatic N) is 1. The van der Waals surface area contributed by atoms with Crippen molar-refractivity contribution < 1.29 is 29.0 Å². The molecular formula is C12H20N2O6. The van der Waals surface area contributed by atoms with Gasteiger partial charge >= 0.3 is 6.09 Å². The first-order valence-electron chi connectivity index (χ1n) is 6.49. The smallest absolute Gasteiger partial charge is 0.404 e. The van der Waals surface area contributed by atoms with E-state index >= 15 is 0 Å². The predicted octanol–water partition coefficient (Wildman–Crippen LogP) is -0.318. The lowest BCUT2D eigenvalue weighted by atomic mass is 10.1. The van der Waals surface area contributed by atoms with Gasteiger partial charge in [0.1, 0.15) is 0 Å².